The summed E-state index contributed by atoms with van der Waals surface area (Å²) in [6, 6.07) is 7.31. The van der Waals surface area contributed by atoms with Crippen molar-refractivity contribution in [2.24, 2.45) is 5.41 Å². The number of nitrogens with zero attached hydrogens (tertiary/aromatic N) is 1. The van der Waals surface area contributed by atoms with Gasteiger partial charge < -0.3 is 10.2 Å². The van der Waals surface area contributed by atoms with Crippen molar-refractivity contribution in [3.63, 3.8) is 0 Å². The fourth-order valence-electron chi connectivity index (χ4n) is 2.87. The van der Waals surface area contributed by atoms with Gasteiger partial charge in [0.1, 0.15) is 5.82 Å². The van der Waals surface area contributed by atoms with Gasteiger partial charge in [-0.25, -0.2) is 4.39 Å². The Kier molecular flexibility index (Phi) is 4.46. The molecule has 2 nitrogen and oxygen atoms in total. The predicted octanol–water partition coefficient (Wildman–Crippen LogP) is 3.43. The molecule has 1 N–H and O–H groups in total. The van der Waals surface area contributed by atoms with Gasteiger partial charge in [-0.3, -0.25) is 0 Å². The first-order chi connectivity index (χ1) is 9.03. The number of likely N-dealkylation sites (N-methyl/N-ethyl adjacent to an activating group) is 1. The molecule has 1 aliphatic rings. The van der Waals surface area contributed by atoms with Crippen LogP contribution in [0.3, 0.4) is 0 Å². The van der Waals surface area contributed by atoms with E-state index in [9.17, 15) is 4.39 Å². The summed E-state index contributed by atoms with van der Waals surface area (Å²) < 4.78 is 13.0. The summed E-state index contributed by atoms with van der Waals surface area (Å²) in [7, 11) is 0. The quantitative estimate of drug-likeness (QED) is 0.896. The van der Waals surface area contributed by atoms with Crippen molar-refractivity contribution in [3.05, 3.63) is 30.1 Å². The van der Waals surface area contributed by atoms with Crippen molar-refractivity contribution in [1.29, 1.82) is 0 Å². The third-order valence-electron chi connectivity index (χ3n) is 4.31. The maximum atomic E-state index is 13.0. The number of nitrogens with one attached hydrogen (secondary N) is 1. The second-order valence-electron chi connectivity index (χ2n) is 6.11. The van der Waals surface area contributed by atoms with Gasteiger partial charge in [0.15, 0.2) is 0 Å². The summed E-state index contributed by atoms with van der Waals surface area (Å²) in [5.74, 6) is -0.170. The maximum absolute atomic E-state index is 13.0. The Hall–Kier alpha value is -1.09. The van der Waals surface area contributed by atoms with Gasteiger partial charge >= 0.3 is 0 Å². The van der Waals surface area contributed by atoms with Gasteiger partial charge in [-0.15, -0.1) is 0 Å². The molecule has 19 heavy (non-hydrogen) atoms. The number of anilines is 1. The number of piperidine rings is 1. The van der Waals surface area contributed by atoms with E-state index in [-0.39, 0.29) is 5.82 Å². The van der Waals surface area contributed by atoms with E-state index in [1.165, 1.54) is 25.0 Å². The largest absolute Gasteiger partial charge is 0.370 e. The van der Waals surface area contributed by atoms with Crippen LogP contribution in [0.4, 0.5) is 10.1 Å². The van der Waals surface area contributed by atoms with E-state index in [0.29, 0.717) is 11.5 Å². The van der Waals surface area contributed by atoms with Crippen LogP contribution < -0.4 is 10.2 Å². The molecule has 1 fully saturated rings. The van der Waals surface area contributed by atoms with E-state index in [0.717, 1.165) is 25.3 Å². The topological polar surface area (TPSA) is 15.3 Å². The molecule has 0 radical (unpaired) electrons. The lowest BCUT2D eigenvalue weighted by Gasteiger charge is -2.42. The molecule has 1 unspecified atom stereocenters. The van der Waals surface area contributed by atoms with Gasteiger partial charge in [0, 0.05) is 24.8 Å². The summed E-state index contributed by atoms with van der Waals surface area (Å²) >= 11 is 0. The van der Waals surface area contributed by atoms with Crippen LogP contribution in [0.25, 0.3) is 0 Å². The van der Waals surface area contributed by atoms with E-state index in [1.54, 1.807) is 0 Å². The number of hydrogen-bond acceptors (Lipinski definition) is 2. The van der Waals surface area contributed by atoms with Crippen molar-refractivity contribution in [1.82, 2.24) is 5.32 Å². The lowest BCUT2D eigenvalue weighted by atomic mass is 9.77. The SMILES string of the molecule is CCN(CC1NCCCC1(C)C)c1ccc(F)cc1. The predicted molar refractivity (Wildman–Crippen MR) is 79.1 cm³/mol. The number of halogens is 1. The standard InChI is InChI=1S/C16H25FN2/c1-4-19(14-8-6-13(17)7-9-14)12-15-16(2,3)10-5-11-18-15/h6-9,15,18H,4-5,10-12H2,1-3H3. The summed E-state index contributed by atoms with van der Waals surface area (Å²) in [6.45, 7) is 9.86. The van der Waals surface area contributed by atoms with Crippen LogP contribution in [0, 0.1) is 11.2 Å². The van der Waals surface area contributed by atoms with Gasteiger partial charge in [-0.2, -0.15) is 0 Å². The number of rotatable bonds is 4. The molecular formula is C16H25FN2. The van der Waals surface area contributed by atoms with Crippen LogP contribution >= 0.6 is 0 Å². The van der Waals surface area contributed by atoms with E-state index < -0.39 is 0 Å². The van der Waals surface area contributed by atoms with Gasteiger partial charge in [0.25, 0.3) is 0 Å². The lowest BCUT2D eigenvalue weighted by molar-refractivity contribution is 0.183. The molecule has 1 heterocycles. The highest BCUT2D eigenvalue weighted by molar-refractivity contribution is 5.46. The van der Waals surface area contributed by atoms with Crippen molar-refractivity contribution >= 4 is 5.69 Å². The van der Waals surface area contributed by atoms with Gasteiger partial charge in [-0.1, -0.05) is 13.8 Å². The van der Waals surface area contributed by atoms with Crippen molar-refractivity contribution < 1.29 is 4.39 Å². The molecule has 1 aromatic rings. The average Bonchev–Trinajstić information content (AvgIpc) is 2.38. The minimum atomic E-state index is -0.170. The van der Waals surface area contributed by atoms with Crippen molar-refractivity contribution in [3.8, 4) is 0 Å². The maximum Gasteiger partial charge on any atom is 0.123 e. The smallest absolute Gasteiger partial charge is 0.123 e. The summed E-state index contributed by atoms with van der Waals surface area (Å²) in [4.78, 5) is 2.32. The summed E-state index contributed by atoms with van der Waals surface area (Å²) in [5.41, 5.74) is 1.43. The first-order valence-corrected chi connectivity index (χ1v) is 7.27. The molecule has 0 amide bonds. The van der Waals surface area contributed by atoms with E-state index in [2.05, 4.69) is 31.0 Å². The lowest BCUT2D eigenvalue weighted by Crippen LogP contribution is -2.53. The first kappa shape index (κ1) is 14.3. The highest BCUT2D eigenvalue weighted by Gasteiger charge is 2.32. The molecule has 1 atom stereocenters. The molecule has 0 spiro atoms. The molecule has 2 rings (SSSR count). The van der Waals surface area contributed by atoms with E-state index in [1.807, 2.05) is 12.1 Å². The minimum absolute atomic E-state index is 0.170. The van der Waals surface area contributed by atoms with Crippen LogP contribution in [0.15, 0.2) is 24.3 Å². The second kappa shape index (κ2) is 5.91. The highest BCUT2D eigenvalue weighted by Crippen LogP contribution is 2.31. The Morgan fingerprint density at radius 3 is 2.58 bits per heavy atom. The summed E-state index contributed by atoms with van der Waals surface area (Å²) in [5, 5.41) is 3.64. The van der Waals surface area contributed by atoms with Crippen molar-refractivity contribution in [2.45, 2.75) is 39.7 Å². The zero-order valence-corrected chi connectivity index (χ0v) is 12.2. The number of benzene rings is 1. The highest BCUT2D eigenvalue weighted by atomic mass is 19.1. The average molecular weight is 264 g/mol. The molecule has 0 aliphatic carbocycles. The molecule has 3 heteroatoms. The fraction of sp³-hybridized carbons (Fsp3) is 0.625. The Bertz CT molecular complexity index is 400. The third-order valence-corrected chi connectivity index (χ3v) is 4.31. The Morgan fingerprint density at radius 1 is 1.32 bits per heavy atom. The minimum Gasteiger partial charge on any atom is -0.370 e. The molecule has 0 aromatic heterocycles. The molecule has 1 saturated heterocycles. The molecular weight excluding hydrogens is 239 g/mol. The fourth-order valence-corrected chi connectivity index (χ4v) is 2.87. The van der Waals surface area contributed by atoms with E-state index in [4.69, 9.17) is 0 Å². The van der Waals surface area contributed by atoms with Crippen molar-refractivity contribution in [2.75, 3.05) is 24.5 Å². The first-order valence-electron chi connectivity index (χ1n) is 7.27. The van der Waals surface area contributed by atoms with Gasteiger partial charge in [-0.05, 0) is 56.0 Å². The molecule has 1 aromatic carbocycles. The zero-order chi connectivity index (χ0) is 13.9. The Labute approximate surface area is 116 Å². The summed E-state index contributed by atoms with van der Waals surface area (Å²) in [6.07, 6.45) is 2.53. The third kappa shape index (κ3) is 3.47. The van der Waals surface area contributed by atoms with Crippen LogP contribution in [0.2, 0.25) is 0 Å². The molecule has 0 bridgehead atoms. The van der Waals surface area contributed by atoms with Gasteiger partial charge in [0.05, 0.1) is 0 Å². The normalized spacial score (nSPS) is 22.2. The zero-order valence-electron chi connectivity index (χ0n) is 12.2. The monoisotopic (exact) mass is 264 g/mol. The second-order valence-corrected chi connectivity index (χ2v) is 6.11. The Morgan fingerprint density at radius 2 is 2.00 bits per heavy atom. The molecule has 0 saturated carbocycles. The van der Waals surface area contributed by atoms with E-state index >= 15 is 0 Å². The number of hydrogen-bond donors (Lipinski definition) is 1. The molecule has 1 aliphatic heterocycles. The van der Waals surface area contributed by atoms with Crippen LogP contribution in [0.1, 0.15) is 33.6 Å². The van der Waals surface area contributed by atoms with Crippen LogP contribution in [-0.2, 0) is 0 Å². The Balaban J connectivity index is 2.08. The van der Waals surface area contributed by atoms with Crippen LogP contribution in [-0.4, -0.2) is 25.7 Å². The molecule has 106 valence electrons. The van der Waals surface area contributed by atoms with Gasteiger partial charge in [0.2, 0.25) is 0 Å². The van der Waals surface area contributed by atoms with Crippen LogP contribution in [0.5, 0.6) is 0 Å².